The molecule has 1 aromatic heterocycles. The van der Waals surface area contributed by atoms with Gasteiger partial charge in [-0.25, -0.2) is 4.79 Å². The fourth-order valence-electron chi connectivity index (χ4n) is 1.83. The summed E-state index contributed by atoms with van der Waals surface area (Å²) in [5.41, 5.74) is -0.0902. The fraction of sp³-hybridized carbons (Fsp3) is 0.800. The predicted molar refractivity (Wildman–Crippen MR) is 90.4 cm³/mol. The van der Waals surface area contributed by atoms with Crippen molar-refractivity contribution in [1.82, 2.24) is 15.1 Å². The van der Waals surface area contributed by atoms with Crippen molar-refractivity contribution in [3.8, 4) is 0 Å². The van der Waals surface area contributed by atoms with Crippen LogP contribution in [0.1, 0.15) is 53.0 Å². The van der Waals surface area contributed by atoms with Gasteiger partial charge in [0.15, 0.2) is 0 Å². The van der Waals surface area contributed by atoms with Crippen molar-refractivity contribution in [3.05, 3.63) is 5.01 Å². The number of nitrogens with zero attached hydrogens (tertiary/aromatic N) is 3. The largest absolute Gasteiger partial charge is 0.396 e. The SMILES string of the molecule is CC(C)(C)CN(CCCO)C(=O)Nc1nnc(C(C)(C)C)s1. The number of aliphatic hydroxyl groups excluding tert-OH is 1. The molecule has 0 aliphatic rings. The van der Waals surface area contributed by atoms with Gasteiger partial charge >= 0.3 is 6.03 Å². The van der Waals surface area contributed by atoms with Crippen molar-refractivity contribution in [2.24, 2.45) is 5.41 Å². The Labute approximate surface area is 136 Å². The van der Waals surface area contributed by atoms with Crippen LogP contribution in [0.5, 0.6) is 0 Å². The lowest BCUT2D eigenvalue weighted by Crippen LogP contribution is -2.41. The molecule has 7 heteroatoms. The third-order valence-corrected chi connectivity index (χ3v) is 4.08. The van der Waals surface area contributed by atoms with Crippen molar-refractivity contribution >= 4 is 22.5 Å². The van der Waals surface area contributed by atoms with Gasteiger partial charge in [-0.1, -0.05) is 52.9 Å². The highest BCUT2D eigenvalue weighted by atomic mass is 32.1. The molecule has 0 aromatic carbocycles. The Kier molecular flexibility index (Phi) is 6.31. The predicted octanol–water partition coefficient (Wildman–Crippen LogP) is 3.10. The van der Waals surface area contributed by atoms with Gasteiger partial charge in [-0.2, -0.15) is 0 Å². The first kappa shape index (κ1) is 18.8. The second-order valence-corrected chi connectivity index (χ2v) is 8.63. The van der Waals surface area contributed by atoms with E-state index in [9.17, 15) is 4.79 Å². The first-order chi connectivity index (χ1) is 10.0. The van der Waals surface area contributed by atoms with Gasteiger partial charge in [0.05, 0.1) is 0 Å². The van der Waals surface area contributed by atoms with E-state index in [2.05, 4.69) is 57.1 Å². The highest BCUT2D eigenvalue weighted by Crippen LogP contribution is 2.28. The summed E-state index contributed by atoms with van der Waals surface area (Å²) in [5.74, 6) is 0. The van der Waals surface area contributed by atoms with Crippen LogP contribution in [-0.4, -0.2) is 45.9 Å². The van der Waals surface area contributed by atoms with E-state index < -0.39 is 0 Å². The van der Waals surface area contributed by atoms with Gasteiger partial charge < -0.3 is 10.0 Å². The Bertz CT molecular complexity index is 488. The van der Waals surface area contributed by atoms with Gasteiger partial charge in [0, 0.05) is 25.1 Å². The number of aromatic nitrogens is 2. The molecule has 22 heavy (non-hydrogen) atoms. The van der Waals surface area contributed by atoms with Crippen LogP contribution < -0.4 is 5.32 Å². The molecule has 0 bridgehead atoms. The molecule has 0 atom stereocenters. The van der Waals surface area contributed by atoms with Crippen LogP contribution in [-0.2, 0) is 5.41 Å². The van der Waals surface area contributed by atoms with E-state index in [1.54, 1.807) is 4.90 Å². The Hall–Kier alpha value is -1.21. The zero-order chi connectivity index (χ0) is 17.0. The first-order valence-electron chi connectivity index (χ1n) is 7.54. The van der Waals surface area contributed by atoms with Crippen LogP contribution in [0.3, 0.4) is 0 Å². The molecule has 0 fully saturated rings. The summed E-state index contributed by atoms with van der Waals surface area (Å²) in [5, 5.41) is 21.4. The van der Waals surface area contributed by atoms with Gasteiger partial charge in [-0.05, 0) is 11.8 Å². The standard InChI is InChI=1S/C15H28N4O2S/c1-14(2,3)10-19(8-7-9-20)13(21)16-12-18-17-11(22-12)15(4,5)6/h20H,7-10H2,1-6H3,(H,16,18,21). The van der Waals surface area contributed by atoms with Crippen molar-refractivity contribution < 1.29 is 9.90 Å². The van der Waals surface area contributed by atoms with E-state index in [1.807, 2.05) is 0 Å². The molecule has 0 radical (unpaired) electrons. The molecule has 126 valence electrons. The van der Waals surface area contributed by atoms with Gasteiger partial charge in [0.25, 0.3) is 0 Å². The van der Waals surface area contributed by atoms with E-state index >= 15 is 0 Å². The number of amides is 2. The molecule has 0 spiro atoms. The lowest BCUT2D eigenvalue weighted by molar-refractivity contribution is 0.176. The molecule has 2 N–H and O–H groups in total. The topological polar surface area (TPSA) is 78.4 Å². The molecule has 0 aliphatic heterocycles. The molecule has 6 nitrogen and oxygen atoms in total. The average Bonchev–Trinajstić information content (AvgIpc) is 2.81. The minimum Gasteiger partial charge on any atom is -0.396 e. The maximum atomic E-state index is 12.4. The molecule has 2 amide bonds. The normalized spacial score (nSPS) is 12.3. The average molecular weight is 328 g/mol. The number of carbonyl (C=O) groups excluding carboxylic acids is 1. The molecular weight excluding hydrogens is 300 g/mol. The monoisotopic (exact) mass is 328 g/mol. The van der Waals surface area contributed by atoms with Crippen LogP contribution in [0.2, 0.25) is 0 Å². The fourth-order valence-corrected chi connectivity index (χ4v) is 2.62. The summed E-state index contributed by atoms with van der Waals surface area (Å²) in [6, 6.07) is -0.194. The minimum absolute atomic E-state index is 0.00943. The van der Waals surface area contributed by atoms with Crippen LogP contribution in [0.25, 0.3) is 0 Å². The zero-order valence-corrected chi connectivity index (χ0v) is 15.3. The molecular formula is C15H28N4O2S. The number of nitrogens with one attached hydrogen (secondary N) is 1. The highest BCUT2D eigenvalue weighted by Gasteiger charge is 2.23. The van der Waals surface area contributed by atoms with Gasteiger partial charge in [-0.15, -0.1) is 10.2 Å². The van der Waals surface area contributed by atoms with Crippen LogP contribution in [0.4, 0.5) is 9.93 Å². The molecule has 0 saturated carbocycles. The van der Waals surface area contributed by atoms with Gasteiger partial charge in [-0.3, -0.25) is 5.32 Å². The number of aliphatic hydroxyl groups is 1. The molecule has 0 aliphatic carbocycles. The van der Waals surface area contributed by atoms with Gasteiger partial charge in [0.2, 0.25) is 5.13 Å². The Morgan fingerprint density at radius 1 is 1.23 bits per heavy atom. The number of rotatable bonds is 5. The smallest absolute Gasteiger partial charge is 0.323 e. The third kappa shape index (κ3) is 6.27. The van der Waals surface area contributed by atoms with E-state index in [1.165, 1.54) is 11.3 Å². The van der Waals surface area contributed by atoms with Crippen LogP contribution >= 0.6 is 11.3 Å². The Morgan fingerprint density at radius 3 is 2.32 bits per heavy atom. The van der Waals surface area contributed by atoms with Crippen molar-refractivity contribution in [2.45, 2.75) is 53.4 Å². The number of hydrogen-bond acceptors (Lipinski definition) is 5. The molecule has 1 heterocycles. The second kappa shape index (κ2) is 7.37. The number of anilines is 1. The molecule has 0 saturated heterocycles. The van der Waals surface area contributed by atoms with Gasteiger partial charge in [0.1, 0.15) is 5.01 Å². The summed E-state index contributed by atoms with van der Waals surface area (Å²) < 4.78 is 0. The maximum absolute atomic E-state index is 12.4. The minimum atomic E-state index is -0.194. The quantitative estimate of drug-likeness (QED) is 0.870. The lowest BCUT2D eigenvalue weighted by Gasteiger charge is -2.29. The molecule has 0 unspecified atom stereocenters. The summed E-state index contributed by atoms with van der Waals surface area (Å²) in [6.07, 6.45) is 0.562. The second-order valence-electron chi connectivity index (χ2n) is 7.65. The summed E-state index contributed by atoms with van der Waals surface area (Å²) in [6.45, 7) is 13.6. The summed E-state index contributed by atoms with van der Waals surface area (Å²) in [4.78, 5) is 14.1. The Morgan fingerprint density at radius 2 is 1.86 bits per heavy atom. The third-order valence-electron chi connectivity index (χ3n) is 2.82. The lowest BCUT2D eigenvalue weighted by atomic mass is 9.96. The van der Waals surface area contributed by atoms with E-state index in [4.69, 9.17) is 5.11 Å². The summed E-state index contributed by atoms with van der Waals surface area (Å²) in [7, 11) is 0. The number of carbonyl (C=O) groups is 1. The van der Waals surface area contributed by atoms with Crippen molar-refractivity contribution in [2.75, 3.05) is 25.0 Å². The van der Waals surface area contributed by atoms with E-state index in [0.29, 0.717) is 24.6 Å². The summed E-state index contributed by atoms with van der Waals surface area (Å²) >= 11 is 1.40. The van der Waals surface area contributed by atoms with Crippen LogP contribution in [0, 0.1) is 5.41 Å². The highest BCUT2D eigenvalue weighted by molar-refractivity contribution is 7.15. The first-order valence-corrected chi connectivity index (χ1v) is 8.35. The van der Waals surface area contributed by atoms with E-state index in [-0.39, 0.29) is 23.5 Å². The molecule has 1 rings (SSSR count). The number of urea groups is 1. The number of hydrogen-bond donors (Lipinski definition) is 2. The van der Waals surface area contributed by atoms with Crippen molar-refractivity contribution in [3.63, 3.8) is 0 Å². The maximum Gasteiger partial charge on any atom is 0.323 e. The van der Waals surface area contributed by atoms with Crippen LogP contribution in [0.15, 0.2) is 0 Å². The van der Waals surface area contributed by atoms with E-state index in [0.717, 1.165) is 5.01 Å². The zero-order valence-electron chi connectivity index (χ0n) is 14.4. The molecule has 1 aromatic rings. The Balaban J connectivity index is 2.75. The van der Waals surface area contributed by atoms with Crippen molar-refractivity contribution in [1.29, 1.82) is 0 Å².